The number of aromatic nitrogens is 1. The molecule has 0 saturated carbocycles. The van der Waals surface area contributed by atoms with Crippen LogP contribution in [-0.2, 0) is 9.47 Å². The highest BCUT2D eigenvalue weighted by atomic mass is 35.5. The number of fused-ring (bicyclic) bond motifs is 3. The van der Waals surface area contributed by atoms with E-state index in [1.54, 1.807) is 24.4 Å². The van der Waals surface area contributed by atoms with Crippen LogP contribution in [0.5, 0.6) is 0 Å². The smallest absolute Gasteiger partial charge is 0.341 e. The number of hydrogen-bond donors (Lipinski definition) is 0. The first kappa shape index (κ1) is 20.9. The summed E-state index contributed by atoms with van der Waals surface area (Å²) in [6.07, 6.45) is 1.62. The first-order chi connectivity index (χ1) is 14.9. The number of halogens is 2. The van der Waals surface area contributed by atoms with Crippen molar-refractivity contribution >= 4 is 57.2 Å². The van der Waals surface area contributed by atoms with Crippen molar-refractivity contribution in [3.63, 3.8) is 0 Å². The predicted octanol–water partition coefficient (Wildman–Crippen LogP) is 5.20. The Balaban J connectivity index is 2.18. The van der Waals surface area contributed by atoms with Gasteiger partial charge in [-0.15, -0.1) is 0 Å². The monoisotopic (exact) mass is 455 g/mol. The molecule has 0 bridgehead atoms. The molecule has 0 unspecified atom stereocenters. The number of hydrogen-bond acceptors (Lipinski definition) is 5. The highest BCUT2D eigenvalue weighted by Gasteiger charge is 2.34. The molecule has 0 saturated heterocycles. The van der Waals surface area contributed by atoms with Gasteiger partial charge in [0.2, 0.25) is 5.78 Å². The van der Waals surface area contributed by atoms with Crippen molar-refractivity contribution < 1.29 is 23.9 Å². The molecule has 0 spiro atoms. The van der Waals surface area contributed by atoms with E-state index >= 15 is 0 Å². The summed E-state index contributed by atoms with van der Waals surface area (Å²) in [7, 11) is 2.38. The van der Waals surface area contributed by atoms with Gasteiger partial charge >= 0.3 is 11.9 Å². The minimum atomic E-state index is -0.846. The van der Waals surface area contributed by atoms with E-state index in [0.29, 0.717) is 15.9 Å². The second kappa shape index (κ2) is 8.06. The Morgan fingerprint density at radius 1 is 0.871 bits per heavy atom. The number of ether oxygens (including phenoxy) is 2. The van der Waals surface area contributed by atoms with Gasteiger partial charge in [-0.25, -0.2) is 9.59 Å². The van der Waals surface area contributed by atoms with Gasteiger partial charge in [0.15, 0.2) is 0 Å². The molecule has 0 radical (unpaired) electrons. The maximum absolute atomic E-state index is 13.6. The summed E-state index contributed by atoms with van der Waals surface area (Å²) >= 11 is 12.2. The molecule has 0 aliphatic heterocycles. The van der Waals surface area contributed by atoms with Crippen molar-refractivity contribution in [2.75, 3.05) is 14.2 Å². The third kappa shape index (κ3) is 3.34. The third-order valence-corrected chi connectivity index (χ3v) is 5.54. The summed E-state index contributed by atoms with van der Waals surface area (Å²) in [6, 6.07) is 13.5. The van der Waals surface area contributed by atoms with Gasteiger partial charge < -0.3 is 13.9 Å². The molecule has 8 heteroatoms. The topological polar surface area (TPSA) is 74.1 Å². The van der Waals surface area contributed by atoms with E-state index in [9.17, 15) is 14.4 Å². The largest absolute Gasteiger partial charge is 0.465 e. The van der Waals surface area contributed by atoms with Crippen LogP contribution in [0.4, 0.5) is 0 Å². The van der Waals surface area contributed by atoms with E-state index in [1.807, 2.05) is 12.1 Å². The van der Waals surface area contributed by atoms with Crippen LogP contribution >= 0.6 is 23.2 Å². The molecule has 4 aromatic rings. The minimum Gasteiger partial charge on any atom is -0.465 e. The zero-order valence-electron chi connectivity index (χ0n) is 16.4. The number of carbonyl (C=O) groups excluding carboxylic acids is 3. The zero-order valence-corrected chi connectivity index (χ0v) is 18.0. The molecule has 0 aliphatic carbocycles. The number of pyridine rings is 1. The van der Waals surface area contributed by atoms with E-state index in [-0.39, 0.29) is 27.4 Å². The second-order valence-electron chi connectivity index (χ2n) is 6.66. The van der Waals surface area contributed by atoms with Crippen LogP contribution < -0.4 is 0 Å². The Hall–Kier alpha value is -3.35. The van der Waals surface area contributed by atoms with E-state index in [4.69, 9.17) is 32.7 Å². The molecule has 4 rings (SSSR count). The number of benzene rings is 2. The normalized spacial score (nSPS) is 11.0. The molecule has 0 fully saturated rings. The second-order valence-corrected chi connectivity index (χ2v) is 7.50. The van der Waals surface area contributed by atoms with Crippen LogP contribution in [0.25, 0.3) is 16.3 Å². The Bertz CT molecular complexity index is 1390. The maximum atomic E-state index is 13.6. The van der Waals surface area contributed by atoms with Crippen molar-refractivity contribution in [1.82, 2.24) is 4.40 Å². The zero-order chi connectivity index (χ0) is 22.3. The number of ketones is 1. The molecule has 0 aliphatic rings. The molecule has 6 nitrogen and oxygen atoms in total. The van der Waals surface area contributed by atoms with Gasteiger partial charge in [-0.3, -0.25) is 4.79 Å². The van der Waals surface area contributed by atoms with Crippen LogP contribution in [0.2, 0.25) is 10.0 Å². The number of methoxy groups -OCH3 is 2. The van der Waals surface area contributed by atoms with Gasteiger partial charge in [0.05, 0.1) is 24.8 Å². The van der Waals surface area contributed by atoms with Gasteiger partial charge in [0, 0.05) is 22.2 Å². The molecule has 0 amide bonds. The van der Waals surface area contributed by atoms with Gasteiger partial charge in [0.25, 0.3) is 0 Å². The molecule has 2 aromatic heterocycles. The predicted molar refractivity (Wildman–Crippen MR) is 117 cm³/mol. The Labute approximate surface area is 186 Å². The highest BCUT2D eigenvalue weighted by Crippen LogP contribution is 2.34. The van der Waals surface area contributed by atoms with Crippen molar-refractivity contribution in [3.8, 4) is 0 Å². The molecule has 0 atom stereocenters. The molecular formula is C23H15Cl2NO5. The fraction of sp³-hybridized carbons (Fsp3) is 0.0870. The van der Waals surface area contributed by atoms with Crippen molar-refractivity contribution in [2.24, 2.45) is 0 Å². The SMILES string of the molecule is COC(=O)c1c(C(=O)OC)c2c3ccccc3ccn2c1C(=O)c1ccc(Cl)cc1Cl. The summed E-state index contributed by atoms with van der Waals surface area (Å²) in [5.41, 5.74) is 0.178. The standard InChI is InChI=1S/C23H15Cl2NO5/c1-30-22(28)17-18(23(29)31-2)20(21(27)15-8-7-13(24)11-16(15)25)26-10-9-12-5-3-4-6-14(12)19(17)26/h3-11H,1-2H3. The summed E-state index contributed by atoms with van der Waals surface area (Å²) in [4.78, 5) is 39.2. The number of nitrogens with zero attached hydrogens (tertiary/aromatic N) is 1. The van der Waals surface area contributed by atoms with Crippen LogP contribution in [0.15, 0.2) is 54.7 Å². The number of rotatable bonds is 4. The van der Waals surface area contributed by atoms with Crippen molar-refractivity contribution in [3.05, 3.63) is 87.2 Å². The van der Waals surface area contributed by atoms with Gasteiger partial charge in [0.1, 0.15) is 16.8 Å². The summed E-state index contributed by atoms with van der Waals surface area (Å²) in [6.45, 7) is 0. The molecule has 0 N–H and O–H groups in total. The molecule has 2 heterocycles. The fourth-order valence-electron chi connectivity index (χ4n) is 3.64. The fourth-order valence-corrected chi connectivity index (χ4v) is 4.14. The van der Waals surface area contributed by atoms with Crippen LogP contribution in [0.1, 0.15) is 36.8 Å². The molecule has 31 heavy (non-hydrogen) atoms. The third-order valence-electron chi connectivity index (χ3n) is 4.99. The number of carbonyl (C=O) groups is 3. The van der Waals surface area contributed by atoms with Crippen LogP contribution in [-0.4, -0.2) is 36.3 Å². The highest BCUT2D eigenvalue weighted by molar-refractivity contribution is 6.38. The quantitative estimate of drug-likeness (QED) is 0.312. The lowest BCUT2D eigenvalue weighted by atomic mass is 10.0. The molecule has 2 aromatic carbocycles. The summed E-state index contributed by atoms with van der Waals surface area (Å²) in [5, 5.41) is 1.95. The minimum absolute atomic E-state index is 0.0559. The lowest BCUT2D eigenvalue weighted by Gasteiger charge is -2.08. The Kier molecular flexibility index (Phi) is 5.43. The van der Waals surface area contributed by atoms with Crippen molar-refractivity contribution in [1.29, 1.82) is 0 Å². The van der Waals surface area contributed by atoms with Gasteiger partial charge in [-0.05, 0) is 29.7 Å². The Morgan fingerprint density at radius 2 is 1.55 bits per heavy atom. The average molecular weight is 456 g/mol. The molecular weight excluding hydrogens is 441 g/mol. The Morgan fingerprint density at radius 3 is 2.23 bits per heavy atom. The van der Waals surface area contributed by atoms with Crippen LogP contribution in [0.3, 0.4) is 0 Å². The van der Waals surface area contributed by atoms with E-state index in [0.717, 1.165) is 5.39 Å². The molecule has 156 valence electrons. The van der Waals surface area contributed by atoms with E-state index in [2.05, 4.69) is 0 Å². The van der Waals surface area contributed by atoms with Crippen molar-refractivity contribution in [2.45, 2.75) is 0 Å². The average Bonchev–Trinajstić information content (AvgIpc) is 3.13. The van der Waals surface area contributed by atoms with E-state index in [1.165, 1.54) is 36.8 Å². The van der Waals surface area contributed by atoms with E-state index < -0.39 is 17.7 Å². The number of esters is 2. The van der Waals surface area contributed by atoms with Gasteiger partial charge in [-0.1, -0.05) is 47.5 Å². The first-order valence-electron chi connectivity index (χ1n) is 9.11. The first-order valence-corrected chi connectivity index (χ1v) is 9.86. The van der Waals surface area contributed by atoms with Crippen LogP contribution in [0, 0.1) is 0 Å². The lowest BCUT2D eigenvalue weighted by molar-refractivity contribution is 0.0556. The van der Waals surface area contributed by atoms with Gasteiger partial charge in [-0.2, -0.15) is 0 Å². The maximum Gasteiger partial charge on any atom is 0.341 e. The summed E-state index contributed by atoms with van der Waals surface area (Å²) in [5.74, 6) is -2.18. The lowest BCUT2D eigenvalue weighted by Crippen LogP contribution is -2.15. The summed E-state index contributed by atoms with van der Waals surface area (Å²) < 4.78 is 11.4.